The predicted octanol–water partition coefficient (Wildman–Crippen LogP) is 4.13. The molecule has 126 valence electrons. The summed E-state index contributed by atoms with van der Waals surface area (Å²) in [6, 6.07) is 3.88. The van der Waals surface area contributed by atoms with Gasteiger partial charge < -0.3 is 4.74 Å². The topological polar surface area (TPSA) is 30.3 Å². The first-order valence-electron chi connectivity index (χ1n) is 7.93. The first-order valence-corrected chi connectivity index (χ1v) is 10.1. The van der Waals surface area contributed by atoms with Crippen molar-refractivity contribution in [1.29, 1.82) is 0 Å². The third-order valence-electron chi connectivity index (χ3n) is 4.17. The average molecular weight is 372 g/mol. The van der Waals surface area contributed by atoms with E-state index in [1.165, 1.54) is 0 Å². The monoisotopic (exact) mass is 371 g/mol. The number of thiol groups is 1. The Balaban J connectivity index is 1.79. The maximum atomic E-state index is 6.30. The van der Waals surface area contributed by atoms with Gasteiger partial charge in [-0.3, -0.25) is 8.99 Å². The molecule has 0 unspecified atom stereocenters. The summed E-state index contributed by atoms with van der Waals surface area (Å²) in [5, 5.41) is 6.22. The molecule has 1 fully saturated rings. The van der Waals surface area contributed by atoms with Crippen molar-refractivity contribution in [3.63, 3.8) is 0 Å². The normalized spacial score (nSPS) is 17.0. The van der Waals surface area contributed by atoms with Crippen LogP contribution in [0.2, 0.25) is 5.02 Å². The van der Waals surface area contributed by atoms with Gasteiger partial charge in [-0.15, -0.1) is 0 Å². The highest BCUT2D eigenvalue weighted by atomic mass is 35.5. The number of ether oxygens (including phenoxy) is 1. The van der Waals surface area contributed by atoms with Gasteiger partial charge in [0.15, 0.2) is 0 Å². The number of halogens is 1. The largest absolute Gasteiger partial charge is 0.490 e. The van der Waals surface area contributed by atoms with Crippen LogP contribution in [0.25, 0.3) is 10.9 Å². The van der Waals surface area contributed by atoms with Crippen molar-refractivity contribution in [2.75, 3.05) is 25.1 Å². The second-order valence-electron chi connectivity index (χ2n) is 5.71. The van der Waals surface area contributed by atoms with Crippen LogP contribution in [-0.4, -0.2) is 45.3 Å². The van der Waals surface area contributed by atoms with E-state index in [1.807, 2.05) is 35.0 Å². The molecular weight excluding hydrogens is 350 g/mol. The standard InChI is InChI=1S/C16H22ClN3OS2/c1-23-19-6-3-13(4-7-19)21-16-10-12(17)9-15-14(16)11-18-20(15)5-2-8-22/h9-11,13,22H,2-8H2,1H3. The summed E-state index contributed by atoms with van der Waals surface area (Å²) in [7, 11) is 0. The minimum Gasteiger partial charge on any atom is -0.490 e. The molecule has 4 nitrogen and oxygen atoms in total. The second-order valence-corrected chi connectivity index (χ2v) is 7.48. The summed E-state index contributed by atoms with van der Waals surface area (Å²) in [4.78, 5) is 0. The predicted molar refractivity (Wildman–Crippen MR) is 102 cm³/mol. The number of aryl methyl sites for hydroxylation is 1. The molecule has 0 radical (unpaired) electrons. The number of fused-ring (bicyclic) bond motifs is 1. The summed E-state index contributed by atoms with van der Waals surface area (Å²) >= 11 is 12.4. The van der Waals surface area contributed by atoms with Gasteiger partial charge in [0.25, 0.3) is 0 Å². The number of nitrogens with zero attached hydrogens (tertiary/aromatic N) is 3. The van der Waals surface area contributed by atoms with Gasteiger partial charge >= 0.3 is 0 Å². The summed E-state index contributed by atoms with van der Waals surface area (Å²) in [5.41, 5.74) is 1.04. The molecule has 1 aliphatic heterocycles. The Bertz CT molecular complexity index is 656. The Hall–Kier alpha value is -0.560. The molecule has 0 amide bonds. The van der Waals surface area contributed by atoms with Crippen molar-refractivity contribution < 1.29 is 4.74 Å². The molecule has 1 aromatic carbocycles. The molecule has 2 heterocycles. The lowest BCUT2D eigenvalue weighted by Gasteiger charge is -2.30. The van der Waals surface area contributed by atoms with Crippen molar-refractivity contribution in [3.8, 4) is 5.75 Å². The van der Waals surface area contributed by atoms with Crippen molar-refractivity contribution in [1.82, 2.24) is 14.1 Å². The van der Waals surface area contributed by atoms with Crippen LogP contribution in [0.15, 0.2) is 18.3 Å². The lowest BCUT2D eigenvalue weighted by atomic mass is 10.1. The van der Waals surface area contributed by atoms with Gasteiger partial charge in [0, 0.05) is 24.7 Å². The molecule has 1 aromatic heterocycles. The van der Waals surface area contributed by atoms with Crippen LogP contribution in [0.1, 0.15) is 19.3 Å². The maximum absolute atomic E-state index is 6.30. The third-order valence-corrected chi connectivity index (χ3v) is 5.59. The number of aromatic nitrogens is 2. The fourth-order valence-corrected chi connectivity index (χ4v) is 3.84. The van der Waals surface area contributed by atoms with Crippen LogP contribution in [0, 0.1) is 0 Å². The average Bonchev–Trinajstić information content (AvgIpc) is 2.96. The minimum atomic E-state index is 0.251. The molecule has 2 aromatic rings. The number of hydrogen-bond donors (Lipinski definition) is 1. The van der Waals surface area contributed by atoms with Gasteiger partial charge in [-0.1, -0.05) is 23.5 Å². The van der Waals surface area contributed by atoms with Crippen LogP contribution in [0.5, 0.6) is 5.75 Å². The first-order chi connectivity index (χ1) is 11.2. The van der Waals surface area contributed by atoms with Crippen LogP contribution in [-0.2, 0) is 6.54 Å². The van der Waals surface area contributed by atoms with Gasteiger partial charge in [-0.25, -0.2) is 0 Å². The fraction of sp³-hybridized carbons (Fsp3) is 0.562. The highest BCUT2D eigenvalue weighted by Gasteiger charge is 2.21. The quantitative estimate of drug-likeness (QED) is 0.610. The van der Waals surface area contributed by atoms with E-state index in [9.17, 15) is 0 Å². The second kappa shape index (κ2) is 8.01. The molecule has 23 heavy (non-hydrogen) atoms. The van der Waals surface area contributed by atoms with E-state index in [0.717, 1.165) is 61.3 Å². The Morgan fingerprint density at radius 2 is 2.17 bits per heavy atom. The summed E-state index contributed by atoms with van der Waals surface area (Å²) in [5.74, 6) is 1.70. The van der Waals surface area contributed by atoms with E-state index in [2.05, 4.69) is 28.3 Å². The van der Waals surface area contributed by atoms with E-state index < -0.39 is 0 Å². The SMILES string of the molecule is CSN1CCC(Oc2cc(Cl)cc3c2cnn3CCCS)CC1. The lowest BCUT2D eigenvalue weighted by Crippen LogP contribution is -2.34. The molecule has 0 atom stereocenters. The van der Waals surface area contributed by atoms with Crippen LogP contribution in [0.3, 0.4) is 0 Å². The van der Waals surface area contributed by atoms with Crippen LogP contribution >= 0.6 is 36.2 Å². The van der Waals surface area contributed by atoms with Gasteiger partial charge in [0.1, 0.15) is 11.9 Å². The highest BCUT2D eigenvalue weighted by molar-refractivity contribution is 7.96. The third kappa shape index (κ3) is 4.10. The molecule has 0 spiro atoms. The Labute approximate surface area is 152 Å². The molecule has 0 N–H and O–H groups in total. The zero-order valence-corrected chi connectivity index (χ0v) is 15.7. The van der Waals surface area contributed by atoms with Crippen molar-refractivity contribution >= 4 is 47.1 Å². The zero-order chi connectivity index (χ0) is 16.2. The molecule has 0 saturated carbocycles. The number of rotatable bonds is 6. The molecule has 0 bridgehead atoms. The zero-order valence-electron chi connectivity index (χ0n) is 13.2. The van der Waals surface area contributed by atoms with Crippen molar-refractivity contribution in [2.24, 2.45) is 0 Å². The van der Waals surface area contributed by atoms with E-state index in [4.69, 9.17) is 16.3 Å². The molecule has 7 heteroatoms. The number of hydrogen-bond acceptors (Lipinski definition) is 5. The van der Waals surface area contributed by atoms with Gasteiger partial charge in [0.2, 0.25) is 0 Å². The van der Waals surface area contributed by atoms with Gasteiger partial charge in [-0.05, 0) is 43.4 Å². The molecule has 1 aliphatic rings. The summed E-state index contributed by atoms with van der Waals surface area (Å²) < 4.78 is 10.6. The molecular formula is C16H22ClN3OS2. The maximum Gasteiger partial charge on any atom is 0.132 e. The molecule has 0 aliphatic carbocycles. The van der Waals surface area contributed by atoms with Crippen LogP contribution in [0.4, 0.5) is 0 Å². The van der Waals surface area contributed by atoms with Crippen molar-refractivity contribution in [3.05, 3.63) is 23.4 Å². The Morgan fingerprint density at radius 3 is 2.87 bits per heavy atom. The Kier molecular flexibility index (Phi) is 6.01. The number of piperidine rings is 1. The van der Waals surface area contributed by atoms with Gasteiger partial charge in [0.05, 0.1) is 17.1 Å². The highest BCUT2D eigenvalue weighted by Crippen LogP contribution is 2.32. The van der Waals surface area contributed by atoms with E-state index in [-0.39, 0.29) is 6.10 Å². The van der Waals surface area contributed by atoms with Crippen molar-refractivity contribution in [2.45, 2.75) is 31.9 Å². The van der Waals surface area contributed by atoms with E-state index in [1.54, 1.807) is 0 Å². The summed E-state index contributed by atoms with van der Waals surface area (Å²) in [6.45, 7) is 2.98. The lowest BCUT2D eigenvalue weighted by molar-refractivity contribution is 0.141. The molecule has 3 rings (SSSR count). The fourth-order valence-electron chi connectivity index (χ4n) is 2.92. The Morgan fingerprint density at radius 1 is 1.39 bits per heavy atom. The minimum absolute atomic E-state index is 0.251. The first kappa shape index (κ1) is 17.3. The number of benzene rings is 1. The van der Waals surface area contributed by atoms with Gasteiger partial charge in [-0.2, -0.15) is 17.7 Å². The van der Waals surface area contributed by atoms with E-state index >= 15 is 0 Å². The summed E-state index contributed by atoms with van der Waals surface area (Å²) in [6.07, 6.45) is 7.33. The molecule has 1 saturated heterocycles. The van der Waals surface area contributed by atoms with E-state index in [0.29, 0.717) is 5.02 Å². The van der Waals surface area contributed by atoms with Crippen LogP contribution < -0.4 is 4.74 Å². The smallest absolute Gasteiger partial charge is 0.132 e.